The SMILES string of the molecule is Cc1cc(Sc2c(C(=O)O)cccc2[N+](=O)[O-])n(C)n1. The molecule has 0 fully saturated rings. The van der Waals surface area contributed by atoms with E-state index in [-0.39, 0.29) is 16.1 Å². The zero-order valence-electron chi connectivity index (χ0n) is 10.7. The molecule has 0 bridgehead atoms. The first-order chi connectivity index (χ1) is 9.40. The van der Waals surface area contributed by atoms with Gasteiger partial charge in [0.2, 0.25) is 0 Å². The van der Waals surface area contributed by atoms with E-state index in [0.717, 1.165) is 17.5 Å². The van der Waals surface area contributed by atoms with E-state index in [9.17, 15) is 14.9 Å². The predicted molar refractivity (Wildman–Crippen MR) is 72.1 cm³/mol. The fourth-order valence-electron chi connectivity index (χ4n) is 1.73. The number of hydrogen-bond acceptors (Lipinski definition) is 5. The van der Waals surface area contributed by atoms with Crippen molar-refractivity contribution in [3.05, 3.63) is 45.6 Å². The molecule has 0 amide bonds. The van der Waals surface area contributed by atoms with Gasteiger partial charge in [0.25, 0.3) is 5.69 Å². The summed E-state index contributed by atoms with van der Waals surface area (Å²) in [5.41, 5.74) is 0.433. The summed E-state index contributed by atoms with van der Waals surface area (Å²) in [4.78, 5) is 21.8. The molecule has 0 radical (unpaired) electrons. The number of carboxylic acids is 1. The maximum absolute atomic E-state index is 11.2. The van der Waals surface area contributed by atoms with E-state index in [4.69, 9.17) is 5.11 Å². The van der Waals surface area contributed by atoms with Gasteiger partial charge in [-0.1, -0.05) is 17.8 Å². The molecule has 0 aliphatic heterocycles. The highest BCUT2D eigenvalue weighted by molar-refractivity contribution is 7.99. The number of aromatic carboxylic acids is 1. The molecule has 0 aliphatic carbocycles. The van der Waals surface area contributed by atoms with Crippen LogP contribution in [0.15, 0.2) is 34.2 Å². The standard InChI is InChI=1S/C12H11N3O4S/c1-7-6-10(14(2)13-7)20-11-8(12(16)17)4-3-5-9(11)15(18)19/h3-6H,1-2H3,(H,16,17). The zero-order valence-corrected chi connectivity index (χ0v) is 11.5. The third-order valence-electron chi connectivity index (χ3n) is 2.59. The van der Waals surface area contributed by atoms with Gasteiger partial charge < -0.3 is 5.11 Å². The van der Waals surface area contributed by atoms with Crippen molar-refractivity contribution in [2.24, 2.45) is 7.05 Å². The van der Waals surface area contributed by atoms with Crippen molar-refractivity contribution in [3.63, 3.8) is 0 Å². The van der Waals surface area contributed by atoms with E-state index >= 15 is 0 Å². The van der Waals surface area contributed by atoms with Gasteiger partial charge in [0.05, 0.1) is 21.2 Å². The molecule has 0 saturated heterocycles. The van der Waals surface area contributed by atoms with Crippen LogP contribution in [0, 0.1) is 17.0 Å². The lowest BCUT2D eigenvalue weighted by Gasteiger charge is -2.06. The topological polar surface area (TPSA) is 98.3 Å². The van der Waals surface area contributed by atoms with Crippen LogP contribution in [-0.2, 0) is 7.05 Å². The molecule has 8 heteroatoms. The summed E-state index contributed by atoms with van der Waals surface area (Å²) in [5.74, 6) is -1.20. The number of rotatable bonds is 4. The zero-order chi connectivity index (χ0) is 14.9. The van der Waals surface area contributed by atoms with Crippen molar-refractivity contribution in [2.75, 3.05) is 0 Å². The third kappa shape index (κ3) is 2.64. The van der Waals surface area contributed by atoms with Crippen LogP contribution in [-0.4, -0.2) is 25.8 Å². The minimum Gasteiger partial charge on any atom is -0.478 e. The summed E-state index contributed by atoms with van der Waals surface area (Å²) in [6, 6.07) is 5.74. The van der Waals surface area contributed by atoms with Crippen molar-refractivity contribution in [1.29, 1.82) is 0 Å². The molecule has 2 rings (SSSR count). The van der Waals surface area contributed by atoms with Gasteiger partial charge in [-0.2, -0.15) is 5.10 Å². The van der Waals surface area contributed by atoms with Gasteiger partial charge in [-0.15, -0.1) is 0 Å². The molecule has 0 atom stereocenters. The summed E-state index contributed by atoms with van der Waals surface area (Å²) in [7, 11) is 1.70. The van der Waals surface area contributed by atoms with E-state index < -0.39 is 10.9 Å². The van der Waals surface area contributed by atoms with E-state index in [1.807, 2.05) is 0 Å². The maximum atomic E-state index is 11.2. The van der Waals surface area contributed by atoms with Crippen molar-refractivity contribution in [3.8, 4) is 0 Å². The first-order valence-corrected chi connectivity index (χ1v) is 6.41. The van der Waals surface area contributed by atoms with E-state index in [2.05, 4.69) is 5.10 Å². The lowest BCUT2D eigenvalue weighted by molar-refractivity contribution is -0.387. The van der Waals surface area contributed by atoms with Crippen LogP contribution in [0.25, 0.3) is 0 Å². The number of hydrogen-bond donors (Lipinski definition) is 1. The van der Waals surface area contributed by atoms with Crippen molar-refractivity contribution in [1.82, 2.24) is 9.78 Å². The second kappa shape index (κ2) is 5.33. The summed E-state index contributed by atoms with van der Waals surface area (Å²) in [6.07, 6.45) is 0. The lowest BCUT2D eigenvalue weighted by Crippen LogP contribution is -2.03. The highest BCUT2D eigenvalue weighted by atomic mass is 32.2. The minimum absolute atomic E-state index is 0.0944. The molecule has 0 aliphatic rings. The summed E-state index contributed by atoms with van der Waals surface area (Å²) >= 11 is 1.02. The van der Waals surface area contributed by atoms with Gasteiger partial charge in [-0.25, -0.2) is 4.79 Å². The fraction of sp³-hybridized carbons (Fsp3) is 0.167. The first-order valence-electron chi connectivity index (χ1n) is 5.59. The van der Waals surface area contributed by atoms with Gasteiger partial charge >= 0.3 is 5.97 Å². The van der Waals surface area contributed by atoms with Gasteiger partial charge in [-0.05, 0) is 19.1 Å². The quantitative estimate of drug-likeness (QED) is 0.687. The molecule has 7 nitrogen and oxygen atoms in total. The van der Waals surface area contributed by atoms with E-state index in [1.165, 1.54) is 18.2 Å². The largest absolute Gasteiger partial charge is 0.478 e. The van der Waals surface area contributed by atoms with Crippen molar-refractivity contribution >= 4 is 23.4 Å². The van der Waals surface area contributed by atoms with E-state index in [1.54, 1.807) is 24.7 Å². The van der Waals surface area contributed by atoms with Crippen LogP contribution in [0.3, 0.4) is 0 Å². The smallest absolute Gasteiger partial charge is 0.337 e. The second-order valence-corrected chi connectivity index (χ2v) is 5.10. The Hall–Kier alpha value is -2.35. The van der Waals surface area contributed by atoms with Gasteiger partial charge in [0.1, 0.15) is 4.90 Å². The Morgan fingerprint density at radius 1 is 1.50 bits per heavy atom. The first kappa shape index (κ1) is 14.1. The Labute approximate surface area is 118 Å². The molecule has 1 N–H and O–H groups in total. The molecule has 0 saturated carbocycles. The van der Waals surface area contributed by atoms with Crippen LogP contribution < -0.4 is 0 Å². The predicted octanol–water partition coefficient (Wildman–Crippen LogP) is 2.49. The number of nitro benzene ring substituents is 1. The summed E-state index contributed by atoms with van der Waals surface area (Å²) in [5, 5.41) is 25.0. The molecular weight excluding hydrogens is 282 g/mol. The number of carbonyl (C=O) groups is 1. The van der Waals surface area contributed by atoms with Gasteiger partial charge in [0, 0.05) is 13.1 Å². The number of aromatic nitrogens is 2. The molecule has 104 valence electrons. The normalized spacial score (nSPS) is 10.5. The number of nitro groups is 1. The van der Waals surface area contributed by atoms with Crippen LogP contribution >= 0.6 is 11.8 Å². The Balaban J connectivity index is 2.56. The number of aryl methyl sites for hydroxylation is 2. The lowest BCUT2D eigenvalue weighted by atomic mass is 10.2. The fourth-order valence-corrected chi connectivity index (χ4v) is 2.86. The highest BCUT2D eigenvalue weighted by Crippen LogP contribution is 2.37. The van der Waals surface area contributed by atoms with Crippen molar-refractivity contribution < 1.29 is 14.8 Å². The molecule has 0 spiro atoms. The van der Waals surface area contributed by atoms with Gasteiger partial charge in [-0.3, -0.25) is 14.8 Å². The molecule has 1 aromatic carbocycles. The van der Waals surface area contributed by atoms with Gasteiger partial charge in [0.15, 0.2) is 0 Å². The summed E-state index contributed by atoms with van der Waals surface area (Å²) in [6.45, 7) is 1.79. The molecule has 20 heavy (non-hydrogen) atoms. The number of benzene rings is 1. The highest BCUT2D eigenvalue weighted by Gasteiger charge is 2.23. The monoisotopic (exact) mass is 293 g/mol. The van der Waals surface area contributed by atoms with Crippen LogP contribution in [0.2, 0.25) is 0 Å². The molecular formula is C12H11N3O4S. The number of carboxylic acid groups (broad SMARTS) is 1. The van der Waals surface area contributed by atoms with Crippen LogP contribution in [0.1, 0.15) is 16.1 Å². The average Bonchev–Trinajstić information content (AvgIpc) is 2.67. The third-order valence-corrected chi connectivity index (χ3v) is 3.81. The Morgan fingerprint density at radius 2 is 2.20 bits per heavy atom. The van der Waals surface area contributed by atoms with Crippen LogP contribution in [0.4, 0.5) is 5.69 Å². The Morgan fingerprint density at radius 3 is 2.70 bits per heavy atom. The Bertz CT molecular complexity index is 664. The minimum atomic E-state index is -1.20. The summed E-state index contributed by atoms with van der Waals surface area (Å²) < 4.78 is 1.56. The number of nitrogens with zero attached hydrogens (tertiary/aromatic N) is 3. The Kier molecular flexibility index (Phi) is 3.75. The van der Waals surface area contributed by atoms with E-state index in [0.29, 0.717) is 5.03 Å². The molecule has 1 heterocycles. The second-order valence-electron chi connectivity index (χ2n) is 4.07. The van der Waals surface area contributed by atoms with Crippen LogP contribution in [0.5, 0.6) is 0 Å². The molecule has 1 aromatic heterocycles. The average molecular weight is 293 g/mol. The molecule has 2 aromatic rings. The molecule has 0 unspecified atom stereocenters. The van der Waals surface area contributed by atoms with Crippen molar-refractivity contribution in [2.45, 2.75) is 16.8 Å². The maximum Gasteiger partial charge on any atom is 0.337 e.